The van der Waals surface area contributed by atoms with E-state index in [2.05, 4.69) is 15.4 Å². The first kappa shape index (κ1) is 24.3. The number of amides is 3. The standard InChI is InChI=1S/C24H30N4O4S/c1-18-5-10-21(11-6-18)26-24(30)25-16-20-4-3-15-28(17-20)23(29)14-9-19-7-12-22(13-8-19)27-33(2,31)32/h5-14,20,27H,3-4,15-17H2,1-2H3,(H2,25,26,30)/b14-9+. The van der Waals surface area contributed by atoms with Crippen LogP contribution in [0.5, 0.6) is 0 Å². The van der Waals surface area contributed by atoms with E-state index in [-0.39, 0.29) is 17.9 Å². The van der Waals surface area contributed by atoms with Crippen LogP contribution in [-0.2, 0) is 14.8 Å². The molecule has 3 N–H and O–H groups in total. The number of carbonyl (C=O) groups excluding carboxylic acids is 2. The normalized spacial score (nSPS) is 16.4. The third-order valence-electron chi connectivity index (χ3n) is 5.32. The summed E-state index contributed by atoms with van der Waals surface area (Å²) < 4.78 is 25.0. The van der Waals surface area contributed by atoms with Gasteiger partial charge >= 0.3 is 6.03 Å². The number of nitrogens with zero attached hydrogens (tertiary/aromatic N) is 1. The van der Waals surface area contributed by atoms with E-state index in [0.717, 1.165) is 35.9 Å². The molecule has 0 radical (unpaired) electrons. The smallest absolute Gasteiger partial charge is 0.319 e. The van der Waals surface area contributed by atoms with Gasteiger partial charge in [0.25, 0.3) is 0 Å². The molecule has 1 fully saturated rings. The number of hydrogen-bond donors (Lipinski definition) is 3. The third kappa shape index (κ3) is 8.27. The number of hydrogen-bond acceptors (Lipinski definition) is 4. The van der Waals surface area contributed by atoms with Crippen molar-refractivity contribution in [2.24, 2.45) is 5.92 Å². The SMILES string of the molecule is Cc1ccc(NC(=O)NCC2CCCN(C(=O)/C=C/c3ccc(NS(C)(=O)=O)cc3)C2)cc1. The Morgan fingerprint density at radius 2 is 1.73 bits per heavy atom. The summed E-state index contributed by atoms with van der Waals surface area (Å²) in [7, 11) is -3.32. The zero-order valence-electron chi connectivity index (χ0n) is 18.9. The first-order chi connectivity index (χ1) is 15.7. The second kappa shape index (κ2) is 11.0. The zero-order chi connectivity index (χ0) is 23.8. The van der Waals surface area contributed by atoms with E-state index in [1.54, 1.807) is 35.2 Å². The Bertz CT molecular complexity index is 1100. The van der Waals surface area contributed by atoms with Crippen molar-refractivity contribution in [2.45, 2.75) is 19.8 Å². The van der Waals surface area contributed by atoms with Gasteiger partial charge in [-0.25, -0.2) is 13.2 Å². The second-order valence-electron chi connectivity index (χ2n) is 8.32. The number of urea groups is 1. The summed E-state index contributed by atoms with van der Waals surface area (Å²) in [6.45, 7) is 3.77. The molecule has 9 heteroatoms. The van der Waals surface area contributed by atoms with Crippen LogP contribution in [0.4, 0.5) is 16.2 Å². The van der Waals surface area contributed by atoms with E-state index < -0.39 is 10.0 Å². The minimum absolute atomic E-state index is 0.0813. The number of carbonyl (C=O) groups is 2. The monoisotopic (exact) mass is 470 g/mol. The average Bonchev–Trinajstić information content (AvgIpc) is 2.78. The van der Waals surface area contributed by atoms with E-state index in [4.69, 9.17) is 0 Å². The predicted molar refractivity (Wildman–Crippen MR) is 131 cm³/mol. The molecule has 1 atom stereocenters. The lowest BCUT2D eigenvalue weighted by molar-refractivity contribution is -0.127. The van der Waals surface area contributed by atoms with Crippen LogP contribution in [0.1, 0.15) is 24.0 Å². The highest BCUT2D eigenvalue weighted by Gasteiger charge is 2.22. The Morgan fingerprint density at radius 3 is 2.39 bits per heavy atom. The highest BCUT2D eigenvalue weighted by Crippen LogP contribution is 2.17. The number of sulfonamides is 1. The third-order valence-corrected chi connectivity index (χ3v) is 5.93. The fourth-order valence-corrected chi connectivity index (χ4v) is 4.19. The van der Waals surface area contributed by atoms with Crippen LogP contribution >= 0.6 is 0 Å². The van der Waals surface area contributed by atoms with Crippen LogP contribution in [0.3, 0.4) is 0 Å². The van der Waals surface area contributed by atoms with Gasteiger partial charge in [-0.15, -0.1) is 0 Å². The Kier molecular flexibility index (Phi) is 8.11. The summed E-state index contributed by atoms with van der Waals surface area (Å²) in [5.74, 6) is 0.114. The molecule has 0 aliphatic carbocycles. The molecule has 0 bridgehead atoms. The van der Waals surface area contributed by atoms with Gasteiger partial charge in [-0.2, -0.15) is 0 Å². The van der Waals surface area contributed by atoms with Crippen LogP contribution in [0.15, 0.2) is 54.6 Å². The Labute approximate surface area is 195 Å². The lowest BCUT2D eigenvalue weighted by Crippen LogP contribution is -2.43. The minimum Gasteiger partial charge on any atom is -0.339 e. The van der Waals surface area contributed by atoms with Gasteiger partial charge in [0.2, 0.25) is 15.9 Å². The minimum atomic E-state index is -3.32. The lowest BCUT2D eigenvalue weighted by atomic mass is 9.98. The maximum Gasteiger partial charge on any atom is 0.319 e. The topological polar surface area (TPSA) is 108 Å². The largest absolute Gasteiger partial charge is 0.339 e. The summed E-state index contributed by atoms with van der Waals surface area (Å²) >= 11 is 0. The number of nitrogens with one attached hydrogen (secondary N) is 3. The fourth-order valence-electron chi connectivity index (χ4n) is 3.63. The van der Waals surface area contributed by atoms with Gasteiger partial charge in [0, 0.05) is 37.1 Å². The first-order valence-corrected chi connectivity index (χ1v) is 12.7. The maximum absolute atomic E-state index is 12.6. The number of rotatable bonds is 7. The van der Waals surface area contributed by atoms with Crippen LogP contribution < -0.4 is 15.4 Å². The molecule has 2 aromatic rings. The molecule has 0 spiro atoms. The van der Waals surface area contributed by atoms with Crippen molar-refractivity contribution in [1.29, 1.82) is 0 Å². The van der Waals surface area contributed by atoms with Crippen LogP contribution in [0.2, 0.25) is 0 Å². The van der Waals surface area contributed by atoms with Crippen molar-refractivity contribution in [3.63, 3.8) is 0 Å². The average molecular weight is 471 g/mol. The second-order valence-corrected chi connectivity index (χ2v) is 10.1. The summed E-state index contributed by atoms with van der Waals surface area (Å²) in [6.07, 6.45) is 6.17. The molecule has 1 saturated heterocycles. The van der Waals surface area contributed by atoms with Gasteiger partial charge in [0.1, 0.15) is 0 Å². The molecule has 176 valence electrons. The number of anilines is 2. The van der Waals surface area contributed by atoms with Gasteiger partial charge in [0.05, 0.1) is 6.26 Å². The van der Waals surface area contributed by atoms with E-state index in [9.17, 15) is 18.0 Å². The molecule has 1 aliphatic rings. The zero-order valence-corrected chi connectivity index (χ0v) is 19.7. The fraction of sp³-hybridized carbons (Fsp3) is 0.333. The predicted octanol–water partition coefficient (Wildman–Crippen LogP) is 3.44. The molecule has 3 rings (SSSR count). The number of aryl methyl sites for hydroxylation is 1. The number of likely N-dealkylation sites (tertiary alicyclic amines) is 1. The summed E-state index contributed by atoms with van der Waals surface area (Å²) in [5.41, 5.74) is 3.14. The van der Waals surface area contributed by atoms with Crippen molar-refractivity contribution in [1.82, 2.24) is 10.2 Å². The van der Waals surface area contributed by atoms with Gasteiger partial charge in [0.15, 0.2) is 0 Å². The van der Waals surface area contributed by atoms with E-state index in [0.29, 0.717) is 25.3 Å². The highest BCUT2D eigenvalue weighted by molar-refractivity contribution is 7.92. The van der Waals surface area contributed by atoms with Crippen molar-refractivity contribution < 1.29 is 18.0 Å². The summed E-state index contributed by atoms with van der Waals surface area (Å²) in [4.78, 5) is 26.6. The number of benzene rings is 2. The van der Waals surface area contributed by atoms with Crippen molar-refractivity contribution in [2.75, 3.05) is 35.9 Å². The molecule has 0 saturated carbocycles. The molecule has 0 aromatic heterocycles. The van der Waals surface area contributed by atoms with E-state index in [1.807, 2.05) is 31.2 Å². The van der Waals surface area contributed by atoms with E-state index in [1.165, 1.54) is 6.08 Å². The Morgan fingerprint density at radius 1 is 1.06 bits per heavy atom. The molecule has 3 amide bonds. The molecule has 2 aromatic carbocycles. The molecule has 8 nitrogen and oxygen atoms in total. The first-order valence-electron chi connectivity index (χ1n) is 10.8. The highest BCUT2D eigenvalue weighted by atomic mass is 32.2. The molecular formula is C24H30N4O4S. The van der Waals surface area contributed by atoms with Crippen molar-refractivity contribution in [3.8, 4) is 0 Å². The van der Waals surface area contributed by atoms with Crippen molar-refractivity contribution >= 4 is 39.4 Å². The van der Waals surface area contributed by atoms with Gasteiger partial charge in [-0.05, 0) is 61.6 Å². The molecule has 1 heterocycles. The van der Waals surface area contributed by atoms with Crippen LogP contribution in [0, 0.1) is 12.8 Å². The van der Waals surface area contributed by atoms with E-state index >= 15 is 0 Å². The van der Waals surface area contributed by atoms with Gasteiger partial charge in [-0.1, -0.05) is 29.8 Å². The summed E-state index contributed by atoms with van der Waals surface area (Å²) in [6, 6.07) is 14.1. The summed E-state index contributed by atoms with van der Waals surface area (Å²) in [5, 5.41) is 5.72. The number of piperidine rings is 1. The van der Waals surface area contributed by atoms with Crippen LogP contribution in [-0.4, -0.2) is 51.1 Å². The van der Waals surface area contributed by atoms with Crippen molar-refractivity contribution in [3.05, 3.63) is 65.7 Å². The van der Waals surface area contributed by atoms with Crippen LogP contribution in [0.25, 0.3) is 6.08 Å². The maximum atomic E-state index is 12.6. The molecule has 1 aliphatic heterocycles. The van der Waals surface area contributed by atoms with Gasteiger partial charge in [-0.3, -0.25) is 9.52 Å². The lowest BCUT2D eigenvalue weighted by Gasteiger charge is -2.32. The molecular weight excluding hydrogens is 440 g/mol. The molecule has 33 heavy (non-hydrogen) atoms. The quantitative estimate of drug-likeness (QED) is 0.539. The molecule has 1 unspecified atom stereocenters. The van der Waals surface area contributed by atoms with Gasteiger partial charge < -0.3 is 15.5 Å². The Hall–Kier alpha value is -3.33. The Balaban J connectivity index is 1.46.